The van der Waals surface area contributed by atoms with Gasteiger partial charge in [0.1, 0.15) is 0 Å². The Hall–Kier alpha value is -2.12. The zero-order valence-corrected chi connectivity index (χ0v) is 11.5. The lowest BCUT2D eigenvalue weighted by molar-refractivity contribution is -0.129. The molecule has 2 rings (SSSR count). The van der Waals surface area contributed by atoms with Crippen LogP contribution in [0.1, 0.15) is 16.0 Å². The van der Waals surface area contributed by atoms with Gasteiger partial charge in [-0.3, -0.25) is 4.79 Å². The molecule has 0 saturated carbocycles. The van der Waals surface area contributed by atoms with Gasteiger partial charge in [-0.1, -0.05) is 18.2 Å². The van der Waals surface area contributed by atoms with Crippen molar-refractivity contribution in [3.8, 4) is 6.07 Å². The van der Waals surface area contributed by atoms with Crippen LogP contribution in [-0.4, -0.2) is 17.9 Å². The highest BCUT2D eigenvalue weighted by Gasteiger charge is 2.10. The Labute approximate surface area is 116 Å². The van der Waals surface area contributed by atoms with Crippen LogP contribution in [-0.2, 0) is 17.8 Å². The van der Waals surface area contributed by atoms with Gasteiger partial charge in [-0.25, -0.2) is 0 Å². The van der Waals surface area contributed by atoms with Gasteiger partial charge in [-0.2, -0.15) is 5.26 Å². The summed E-state index contributed by atoms with van der Waals surface area (Å²) in [5.74, 6) is 0.0878. The number of rotatable bonds is 4. The molecule has 1 amide bonds. The third kappa shape index (κ3) is 3.67. The van der Waals surface area contributed by atoms with Crippen LogP contribution in [0.2, 0.25) is 0 Å². The minimum Gasteiger partial charge on any atom is -0.341 e. The molecular formula is C15H14N2OS. The molecule has 1 heterocycles. The number of nitrogens with zero attached hydrogens (tertiary/aromatic N) is 2. The lowest BCUT2D eigenvalue weighted by Crippen LogP contribution is -2.27. The minimum atomic E-state index is 0.0878. The predicted molar refractivity (Wildman–Crippen MR) is 75.7 cm³/mol. The Morgan fingerprint density at radius 3 is 2.89 bits per heavy atom. The monoisotopic (exact) mass is 270 g/mol. The van der Waals surface area contributed by atoms with Gasteiger partial charge in [-0.15, -0.1) is 11.3 Å². The van der Waals surface area contributed by atoms with E-state index >= 15 is 0 Å². The van der Waals surface area contributed by atoms with Crippen LogP contribution in [0.25, 0.3) is 0 Å². The second-order valence-electron chi connectivity index (χ2n) is 4.32. The third-order valence-corrected chi connectivity index (χ3v) is 3.68. The van der Waals surface area contributed by atoms with Crippen molar-refractivity contribution in [1.82, 2.24) is 4.90 Å². The summed E-state index contributed by atoms with van der Waals surface area (Å²) in [6, 6.07) is 13.4. The normalized spacial score (nSPS) is 9.89. The largest absolute Gasteiger partial charge is 0.341 e. The van der Waals surface area contributed by atoms with Crippen molar-refractivity contribution >= 4 is 17.2 Å². The fourth-order valence-electron chi connectivity index (χ4n) is 1.80. The Morgan fingerprint density at radius 2 is 2.21 bits per heavy atom. The number of benzene rings is 1. The molecule has 2 aromatic rings. The van der Waals surface area contributed by atoms with Crippen LogP contribution in [0.15, 0.2) is 41.8 Å². The second-order valence-corrected chi connectivity index (χ2v) is 5.35. The minimum absolute atomic E-state index is 0.0878. The molecular weight excluding hydrogens is 256 g/mol. The van der Waals surface area contributed by atoms with E-state index in [1.807, 2.05) is 35.7 Å². The van der Waals surface area contributed by atoms with Crippen molar-refractivity contribution in [3.05, 3.63) is 57.8 Å². The molecule has 3 nitrogen and oxygen atoms in total. The lowest BCUT2D eigenvalue weighted by atomic mass is 10.1. The van der Waals surface area contributed by atoms with E-state index in [4.69, 9.17) is 5.26 Å². The van der Waals surface area contributed by atoms with Crippen molar-refractivity contribution < 1.29 is 4.79 Å². The van der Waals surface area contributed by atoms with E-state index < -0.39 is 0 Å². The zero-order valence-electron chi connectivity index (χ0n) is 10.7. The molecule has 0 fully saturated rings. The zero-order chi connectivity index (χ0) is 13.7. The Bertz CT molecular complexity index is 599. The van der Waals surface area contributed by atoms with E-state index in [1.165, 1.54) is 0 Å². The first-order valence-electron chi connectivity index (χ1n) is 5.94. The molecule has 0 radical (unpaired) electrons. The van der Waals surface area contributed by atoms with Crippen molar-refractivity contribution in [2.24, 2.45) is 0 Å². The number of nitriles is 1. The van der Waals surface area contributed by atoms with E-state index in [9.17, 15) is 4.79 Å². The van der Waals surface area contributed by atoms with Crippen LogP contribution in [0.3, 0.4) is 0 Å². The number of hydrogen-bond donors (Lipinski definition) is 0. The molecule has 0 spiro atoms. The summed E-state index contributed by atoms with van der Waals surface area (Å²) in [6.45, 7) is 0.528. The highest BCUT2D eigenvalue weighted by Crippen LogP contribution is 2.12. The highest BCUT2D eigenvalue weighted by atomic mass is 32.1. The standard InChI is InChI=1S/C15H14N2OS/c1-17(15(18)9-14-6-3-7-19-14)11-13-5-2-4-12(8-13)10-16/h2-8H,9,11H2,1H3. The van der Waals surface area contributed by atoms with Gasteiger partial charge in [0.25, 0.3) is 0 Å². The average Bonchev–Trinajstić information content (AvgIpc) is 2.91. The number of carbonyl (C=O) groups excluding carboxylic acids is 1. The third-order valence-electron chi connectivity index (χ3n) is 2.81. The van der Waals surface area contributed by atoms with Gasteiger partial charge >= 0.3 is 0 Å². The van der Waals surface area contributed by atoms with Gasteiger partial charge in [0.2, 0.25) is 5.91 Å². The molecule has 0 saturated heterocycles. The molecule has 0 atom stereocenters. The van der Waals surface area contributed by atoms with Crippen LogP contribution >= 0.6 is 11.3 Å². The summed E-state index contributed by atoms with van der Waals surface area (Å²) in [4.78, 5) is 14.8. The summed E-state index contributed by atoms with van der Waals surface area (Å²) < 4.78 is 0. The molecule has 0 N–H and O–H groups in total. The van der Waals surface area contributed by atoms with Gasteiger partial charge < -0.3 is 4.90 Å². The molecule has 96 valence electrons. The van der Waals surface area contributed by atoms with Crippen LogP contribution in [0.4, 0.5) is 0 Å². The molecule has 1 aromatic heterocycles. The maximum Gasteiger partial charge on any atom is 0.227 e. The van der Waals surface area contributed by atoms with E-state index in [1.54, 1.807) is 29.4 Å². The Kier molecular flexibility index (Phi) is 4.32. The second kappa shape index (κ2) is 6.17. The first-order chi connectivity index (χ1) is 9.19. The molecule has 1 aromatic carbocycles. The Balaban J connectivity index is 1.98. The smallest absolute Gasteiger partial charge is 0.227 e. The molecule has 4 heteroatoms. The topological polar surface area (TPSA) is 44.1 Å². The van der Waals surface area contributed by atoms with Crippen LogP contribution in [0.5, 0.6) is 0 Å². The van der Waals surface area contributed by atoms with Gasteiger partial charge in [0, 0.05) is 18.5 Å². The molecule has 0 unspecified atom stereocenters. The summed E-state index contributed by atoms with van der Waals surface area (Å²) >= 11 is 1.59. The number of amides is 1. The molecule has 0 aliphatic carbocycles. The lowest BCUT2D eigenvalue weighted by Gasteiger charge is -2.17. The average molecular weight is 270 g/mol. The van der Waals surface area contributed by atoms with E-state index in [2.05, 4.69) is 6.07 Å². The van der Waals surface area contributed by atoms with Gasteiger partial charge in [0.15, 0.2) is 0 Å². The number of carbonyl (C=O) groups is 1. The van der Waals surface area contributed by atoms with E-state index in [-0.39, 0.29) is 5.91 Å². The van der Waals surface area contributed by atoms with Crippen molar-refractivity contribution in [2.75, 3.05) is 7.05 Å². The van der Waals surface area contributed by atoms with Crippen LogP contribution < -0.4 is 0 Å². The summed E-state index contributed by atoms with van der Waals surface area (Å²) in [5, 5.41) is 10.8. The van der Waals surface area contributed by atoms with Gasteiger partial charge in [-0.05, 0) is 29.1 Å². The fourth-order valence-corrected chi connectivity index (χ4v) is 2.49. The van der Waals surface area contributed by atoms with E-state index in [0.717, 1.165) is 10.4 Å². The maximum absolute atomic E-state index is 12.0. The number of thiophene rings is 1. The highest BCUT2D eigenvalue weighted by molar-refractivity contribution is 7.10. The molecule has 0 aliphatic rings. The van der Waals surface area contributed by atoms with Crippen molar-refractivity contribution in [2.45, 2.75) is 13.0 Å². The number of likely N-dealkylation sites (N-methyl/N-ethyl adjacent to an activating group) is 1. The molecule has 0 aliphatic heterocycles. The Morgan fingerprint density at radius 1 is 1.37 bits per heavy atom. The van der Waals surface area contributed by atoms with Crippen molar-refractivity contribution in [1.29, 1.82) is 5.26 Å². The SMILES string of the molecule is CN(Cc1cccc(C#N)c1)C(=O)Cc1cccs1. The predicted octanol–water partition coefficient (Wildman–Crippen LogP) is 2.82. The summed E-state index contributed by atoms with van der Waals surface area (Å²) in [5.41, 5.74) is 1.60. The van der Waals surface area contributed by atoms with Gasteiger partial charge in [0.05, 0.1) is 18.1 Å². The summed E-state index contributed by atoms with van der Waals surface area (Å²) in [6.07, 6.45) is 0.437. The van der Waals surface area contributed by atoms with Crippen LogP contribution in [0, 0.1) is 11.3 Å². The maximum atomic E-state index is 12.0. The fraction of sp³-hybridized carbons (Fsp3) is 0.200. The van der Waals surface area contributed by atoms with Crippen molar-refractivity contribution in [3.63, 3.8) is 0 Å². The number of hydrogen-bond acceptors (Lipinski definition) is 3. The first kappa shape index (κ1) is 13.3. The molecule has 0 bridgehead atoms. The first-order valence-corrected chi connectivity index (χ1v) is 6.82. The molecule has 19 heavy (non-hydrogen) atoms. The van der Waals surface area contributed by atoms with E-state index in [0.29, 0.717) is 18.5 Å². The quantitative estimate of drug-likeness (QED) is 0.857. The summed E-state index contributed by atoms with van der Waals surface area (Å²) in [7, 11) is 1.79.